The molecule has 1 unspecified atom stereocenters. The molecule has 6 nitrogen and oxygen atoms in total. The third-order valence-corrected chi connectivity index (χ3v) is 2.91. The molecule has 0 saturated carbocycles. The molecule has 2 aromatic rings. The summed E-state index contributed by atoms with van der Waals surface area (Å²) in [6, 6.07) is 9.39. The van der Waals surface area contributed by atoms with Crippen molar-refractivity contribution in [2.24, 2.45) is 0 Å². The number of benzene rings is 1. The topological polar surface area (TPSA) is 66.2 Å². The van der Waals surface area contributed by atoms with Crippen LogP contribution in [0.4, 0.5) is 0 Å². The fourth-order valence-corrected chi connectivity index (χ4v) is 1.97. The number of ketones is 1. The molecule has 0 N–H and O–H groups in total. The number of rotatable bonds is 3. The quantitative estimate of drug-likeness (QED) is 0.765. The first-order valence-electron chi connectivity index (χ1n) is 6.06. The predicted molar refractivity (Wildman–Crippen MR) is 66.2 cm³/mol. The number of hydrogen-bond donors (Lipinski definition) is 0. The molecule has 1 aliphatic heterocycles. The second-order valence-electron chi connectivity index (χ2n) is 4.17. The maximum Gasteiger partial charge on any atom is 0.214 e. The molecule has 3 rings (SSSR count). The van der Waals surface area contributed by atoms with E-state index in [1.807, 2.05) is 30.3 Å². The molecule has 98 valence electrons. The summed E-state index contributed by atoms with van der Waals surface area (Å²) in [5, 5.41) is 7.76. The van der Waals surface area contributed by atoms with Crippen molar-refractivity contribution in [3.63, 3.8) is 0 Å². The monoisotopic (exact) mass is 259 g/mol. The van der Waals surface area contributed by atoms with Crippen LogP contribution in [0, 0.1) is 0 Å². The minimum Gasteiger partial charge on any atom is -0.376 e. The Hall–Kier alpha value is -2.05. The lowest BCUT2D eigenvalue weighted by molar-refractivity contribution is -0.0721. The average Bonchev–Trinajstić information content (AvgIpc) is 2.98. The van der Waals surface area contributed by atoms with Crippen LogP contribution in [0.25, 0.3) is 5.69 Å². The van der Waals surface area contributed by atoms with E-state index in [1.54, 1.807) is 0 Å². The zero-order valence-corrected chi connectivity index (χ0v) is 10.2. The van der Waals surface area contributed by atoms with Gasteiger partial charge in [-0.2, -0.15) is 0 Å². The predicted octanol–water partition coefficient (Wildman–Crippen LogP) is 0.865. The molecule has 0 bridgehead atoms. The number of para-hydroxylation sites is 1. The van der Waals surface area contributed by atoms with Gasteiger partial charge in [0.15, 0.2) is 0 Å². The van der Waals surface area contributed by atoms with E-state index in [0.717, 1.165) is 5.69 Å². The maximum atomic E-state index is 12.3. The van der Waals surface area contributed by atoms with Gasteiger partial charge in [0, 0.05) is 0 Å². The highest BCUT2D eigenvalue weighted by atomic mass is 16.6. The molecule has 0 radical (unpaired) electrons. The molecule has 1 aromatic carbocycles. The summed E-state index contributed by atoms with van der Waals surface area (Å²) < 4.78 is 12.2. The number of carbonyl (C=O) groups is 1. The zero-order valence-electron chi connectivity index (χ0n) is 10.2. The van der Waals surface area contributed by atoms with Crippen molar-refractivity contribution in [2.75, 3.05) is 19.8 Å². The fraction of sp³-hybridized carbons (Fsp3) is 0.308. The lowest BCUT2D eigenvalue weighted by Crippen LogP contribution is -2.36. The van der Waals surface area contributed by atoms with Crippen LogP contribution < -0.4 is 0 Å². The van der Waals surface area contributed by atoms with Gasteiger partial charge in [-0.1, -0.05) is 23.4 Å². The highest BCUT2D eigenvalue weighted by molar-refractivity contribution is 5.98. The molecule has 0 amide bonds. The van der Waals surface area contributed by atoms with Crippen LogP contribution in [0.5, 0.6) is 0 Å². The Kier molecular flexibility index (Phi) is 3.35. The summed E-state index contributed by atoms with van der Waals surface area (Å²) in [5.41, 5.74) is 1.20. The average molecular weight is 259 g/mol. The molecule has 1 atom stereocenters. The van der Waals surface area contributed by atoms with Crippen LogP contribution in [-0.2, 0) is 9.47 Å². The largest absolute Gasteiger partial charge is 0.376 e. The van der Waals surface area contributed by atoms with Crippen LogP contribution in [-0.4, -0.2) is 46.7 Å². The van der Waals surface area contributed by atoms with Crippen molar-refractivity contribution in [2.45, 2.75) is 6.10 Å². The van der Waals surface area contributed by atoms with E-state index in [9.17, 15) is 4.79 Å². The first kappa shape index (κ1) is 12.0. The first-order valence-corrected chi connectivity index (χ1v) is 6.06. The minimum atomic E-state index is -0.574. The molecule has 0 aliphatic carbocycles. The van der Waals surface area contributed by atoms with Gasteiger partial charge in [-0.3, -0.25) is 4.79 Å². The fourth-order valence-electron chi connectivity index (χ4n) is 1.97. The molecular weight excluding hydrogens is 246 g/mol. The van der Waals surface area contributed by atoms with Gasteiger partial charge < -0.3 is 9.47 Å². The van der Waals surface area contributed by atoms with Gasteiger partial charge >= 0.3 is 0 Å². The smallest absolute Gasteiger partial charge is 0.214 e. The highest BCUT2D eigenvalue weighted by Gasteiger charge is 2.27. The van der Waals surface area contributed by atoms with Crippen LogP contribution in [0.2, 0.25) is 0 Å². The van der Waals surface area contributed by atoms with E-state index >= 15 is 0 Å². The second-order valence-corrected chi connectivity index (χ2v) is 4.17. The molecule has 1 aliphatic rings. The molecule has 0 spiro atoms. The van der Waals surface area contributed by atoms with Crippen LogP contribution in [0.1, 0.15) is 10.5 Å². The van der Waals surface area contributed by atoms with Crippen molar-refractivity contribution >= 4 is 5.78 Å². The Bertz CT molecular complexity index is 562. The summed E-state index contributed by atoms with van der Waals surface area (Å²) in [6.45, 7) is 1.24. The summed E-state index contributed by atoms with van der Waals surface area (Å²) in [7, 11) is 0. The number of ether oxygens (including phenoxy) is 2. The molecule has 1 saturated heterocycles. The molecule has 6 heteroatoms. The van der Waals surface area contributed by atoms with E-state index in [4.69, 9.17) is 9.47 Å². The second kappa shape index (κ2) is 5.29. The van der Waals surface area contributed by atoms with E-state index in [-0.39, 0.29) is 12.4 Å². The van der Waals surface area contributed by atoms with E-state index in [1.165, 1.54) is 10.9 Å². The van der Waals surface area contributed by atoms with Crippen LogP contribution >= 0.6 is 0 Å². The van der Waals surface area contributed by atoms with Crippen molar-refractivity contribution in [1.82, 2.24) is 15.0 Å². The Morgan fingerprint density at radius 2 is 2.11 bits per heavy atom. The van der Waals surface area contributed by atoms with Crippen molar-refractivity contribution in [3.8, 4) is 5.69 Å². The summed E-state index contributed by atoms with van der Waals surface area (Å²) >= 11 is 0. The minimum absolute atomic E-state index is 0.159. The molecule has 1 aromatic heterocycles. The number of nitrogens with zero attached hydrogens (tertiary/aromatic N) is 3. The van der Waals surface area contributed by atoms with Crippen molar-refractivity contribution < 1.29 is 14.3 Å². The summed E-state index contributed by atoms with van der Waals surface area (Å²) in [6.07, 6.45) is 0.877. The first-order chi connectivity index (χ1) is 9.36. The van der Waals surface area contributed by atoms with Gasteiger partial charge in [-0.15, -0.1) is 5.10 Å². The van der Waals surface area contributed by atoms with Crippen molar-refractivity contribution in [1.29, 1.82) is 0 Å². The van der Waals surface area contributed by atoms with Gasteiger partial charge in [-0.25, -0.2) is 4.68 Å². The summed E-state index contributed by atoms with van der Waals surface area (Å²) in [5.74, 6) is -0.159. The molecule has 2 heterocycles. The lowest BCUT2D eigenvalue weighted by Gasteiger charge is -2.21. The molecule has 19 heavy (non-hydrogen) atoms. The molecular formula is C13H13N3O3. The van der Waals surface area contributed by atoms with Gasteiger partial charge in [0.1, 0.15) is 11.8 Å². The standard InChI is InChI=1S/C13H13N3O3/c17-13(12-9-18-6-7-19-12)11-8-14-15-16(11)10-4-2-1-3-5-10/h1-5,8,12H,6-7,9H2. The van der Waals surface area contributed by atoms with Gasteiger partial charge in [0.05, 0.1) is 31.7 Å². The van der Waals surface area contributed by atoms with Gasteiger partial charge in [-0.05, 0) is 12.1 Å². The maximum absolute atomic E-state index is 12.3. The summed E-state index contributed by atoms with van der Waals surface area (Å²) in [4.78, 5) is 12.3. The third kappa shape index (κ3) is 2.40. The Balaban J connectivity index is 1.89. The lowest BCUT2D eigenvalue weighted by atomic mass is 10.1. The number of hydrogen-bond acceptors (Lipinski definition) is 5. The van der Waals surface area contributed by atoms with Gasteiger partial charge in [0.25, 0.3) is 0 Å². The normalized spacial score (nSPS) is 19.3. The SMILES string of the molecule is O=C(c1cnnn1-c1ccccc1)C1COCCO1. The van der Waals surface area contributed by atoms with Crippen LogP contribution in [0.15, 0.2) is 36.5 Å². The highest BCUT2D eigenvalue weighted by Crippen LogP contribution is 2.13. The number of carbonyl (C=O) groups excluding carboxylic acids is 1. The van der Waals surface area contributed by atoms with E-state index < -0.39 is 6.10 Å². The third-order valence-electron chi connectivity index (χ3n) is 2.91. The Morgan fingerprint density at radius 1 is 1.26 bits per heavy atom. The Morgan fingerprint density at radius 3 is 2.84 bits per heavy atom. The Labute approximate surface area is 109 Å². The zero-order chi connectivity index (χ0) is 13.1. The van der Waals surface area contributed by atoms with Crippen molar-refractivity contribution in [3.05, 3.63) is 42.2 Å². The van der Waals surface area contributed by atoms with E-state index in [0.29, 0.717) is 18.9 Å². The van der Waals surface area contributed by atoms with Crippen LogP contribution in [0.3, 0.4) is 0 Å². The number of Topliss-reactive ketones (excluding diaryl/α,β-unsaturated/α-hetero) is 1. The molecule has 1 fully saturated rings. The number of aromatic nitrogens is 3. The van der Waals surface area contributed by atoms with Gasteiger partial charge in [0.2, 0.25) is 5.78 Å². The van der Waals surface area contributed by atoms with E-state index in [2.05, 4.69) is 10.3 Å².